The summed E-state index contributed by atoms with van der Waals surface area (Å²) < 4.78 is 0. The summed E-state index contributed by atoms with van der Waals surface area (Å²) in [4.78, 5) is 20.7. The summed E-state index contributed by atoms with van der Waals surface area (Å²) in [6.07, 6.45) is 2.82. The molecule has 4 nitrogen and oxygen atoms in total. The van der Waals surface area contributed by atoms with E-state index in [0.717, 1.165) is 29.4 Å². The molecule has 1 N–H and O–H groups in total. The summed E-state index contributed by atoms with van der Waals surface area (Å²) in [5, 5.41) is 3.86. The number of amides is 1. The number of rotatable bonds is 6. The van der Waals surface area contributed by atoms with Crippen molar-refractivity contribution in [2.75, 3.05) is 24.5 Å². The maximum Gasteiger partial charge on any atom is 0.254 e. The van der Waals surface area contributed by atoms with Crippen molar-refractivity contribution in [3.05, 3.63) is 84.6 Å². The highest BCUT2D eigenvalue weighted by molar-refractivity contribution is 7.99. The molecule has 1 atom stereocenters. The maximum absolute atomic E-state index is 12.8. The second kappa shape index (κ2) is 8.93. The van der Waals surface area contributed by atoms with Crippen LogP contribution in [0.1, 0.15) is 16.8 Å². The van der Waals surface area contributed by atoms with Crippen LogP contribution in [-0.2, 0) is 0 Å². The first kappa shape index (κ1) is 18.6. The zero-order chi connectivity index (χ0) is 19.2. The summed E-state index contributed by atoms with van der Waals surface area (Å²) in [6.45, 7) is 2.70. The number of anilines is 1. The summed E-state index contributed by atoms with van der Waals surface area (Å²) in [5.41, 5.74) is 1.89. The third kappa shape index (κ3) is 4.54. The van der Waals surface area contributed by atoms with Crippen LogP contribution in [0.15, 0.2) is 88.9 Å². The zero-order valence-corrected chi connectivity index (χ0v) is 16.4. The van der Waals surface area contributed by atoms with Gasteiger partial charge < -0.3 is 10.2 Å². The molecule has 0 bridgehead atoms. The second-order valence-corrected chi connectivity index (χ2v) is 7.98. The van der Waals surface area contributed by atoms with Crippen LogP contribution in [0.4, 0.5) is 5.69 Å². The summed E-state index contributed by atoms with van der Waals surface area (Å²) >= 11 is 1.52. The lowest BCUT2D eigenvalue weighted by Gasteiger charge is -2.18. The molecular weight excluding hydrogens is 366 g/mol. The number of nitrogens with one attached hydrogen (secondary N) is 1. The Morgan fingerprint density at radius 1 is 1.04 bits per heavy atom. The highest BCUT2D eigenvalue weighted by Gasteiger charge is 2.23. The molecular formula is C23H23N3OS. The molecule has 0 saturated carbocycles. The lowest BCUT2D eigenvalue weighted by atomic mass is 10.1. The Bertz CT molecular complexity index is 917. The zero-order valence-electron chi connectivity index (χ0n) is 15.6. The molecule has 0 aliphatic carbocycles. The van der Waals surface area contributed by atoms with Crippen molar-refractivity contribution in [2.24, 2.45) is 5.92 Å². The molecule has 2 aromatic carbocycles. The molecule has 1 aromatic heterocycles. The molecule has 1 fully saturated rings. The van der Waals surface area contributed by atoms with Gasteiger partial charge in [0.2, 0.25) is 0 Å². The monoisotopic (exact) mass is 389 g/mol. The van der Waals surface area contributed by atoms with Gasteiger partial charge in [-0.05, 0) is 48.7 Å². The van der Waals surface area contributed by atoms with E-state index in [4.69, 9.17) is 0 Å². The van der Waals surface area contributed by atoms with E-state index in [1.54, 1.807) is 6.20 Å². The van der Waals surface area contributed by atoms with Gasteiger partial charge >= 0.3 is 0 Å². The van der Waals surface area contributed by atoms with E-state index in [9.17, 15) is 4.79 Å². The molecule has 4 rings (SSSR count). The van der Waals surface area contributed by atoms with E-state index in [2.05, 4.69) is 39.5 Å². The highest BCUT2D eigenvalue weighted by atomic mass is 32.2. The van der Waals surface area contributed by atoms with Gasteiger partial charge in [-0.3, -0.25) is 4.79 Å². The topological polar surface area (TPSA) is 45.2 Å². The number of nitrogens with zero attached hydrogens (tertiary/aromatic N) is 2. The van der Waals surface area contributed by atoms with E-state index in [0.29, 0.717) is 18.0 Å². The third-order valence-corrected chi connectivity index (χ3v) is 5.96. The largest absolute Gasteiger partial charge is 0.371 e. The van der Waals surface area contributed by atoms with Crippen molar-refractivity contribution >= 4 is 23.4 Å². The van der Waals surface area contributed by atoms with Gasteiger partial charge in [0.15, 0.2) is 0 Å². The molecule has 5 heteroatoms. The van der Waals surface area contributed by atoms with Gasteiger partial charge in [0, 0.05) is 36.4 Å². The molecule has 1 aliphatic rings. The molecule has 1 saturated heterocycles. The summed E-state index contributed by atoms with van der Waals surface area (Å²) in [6, 6.07) is 24.1. The average Bonchev–Trinajstić information content (AvgIpc) is 3.23. The molecule has 2 heterocycles. The van der Waals surface area contributed by atoms with Crippen LogP contribution >= 0.6 is 11.8 Å². The van der Waals surface area contributed by atoms with Crippen molar-refractivity contribution in [3.8, 4) is 0 Å². The highest BCUT2D eigenvalue weighted by Crippen LogP contribution is 2.28. The van der Waals surface area contributed by atoms with Crippen LogP contribution < -0.4 is 10.2 Å². The van der Waals surface area contributed by atoms with Crippen molar-refractivity contribution in [3.63, 3.8) is 0 Å². The molecule has 28 heavy (non-hydrogen) atoms. The first-order valence-corrected chi connectivity index (χ1v) is 10.4. The number of hydrogen-bond donors (Lipinski definition) is 1. The van der Waals surface area contributed by atoms with Crippen LogP contribution in [0.2, 0.25) is 0 Å². The predicted octanol–water partition coefficient (Wildman–Crippen LogP) is 4.49. The number of para-hydroxylation sites is 1. The van der Waals surface area contributed by atoms with Crippen LogP contribution in [0.25, 0.3) is 0 Å². The van der Waals surface area contributed by atoms with Crippen LogP contribution in [0, 0.1) is 5.92 Å². The van der Waals surface area contributed by atoms with Crippen molar-refractivity contribution in [1.82, 2.24) is 10.3 Å². The molecule has 0 unspecified atom stereocenters. The number of aromatic nitrogens is 1. The Morgan fingerprint density at radius 2 is 1.79 bits per heavy atom. The van der Waals surface area contributed by atoms with Crippen molar-refractivity contribution in [1.29, 1.82) is 0 Å². The quantitative estimate of drug-likeness (QED) is 0.675. The lowest BCUT2D eigenvalue weighted by Crippen LogP contribution is -2.31. The minimum Gasteiger partial charge on any atom is -0.371 e. The summed E-state index contributed by atoms with van der Waals surface area (Å²) in [7, 11) is 0. The van der Waals surface area contributed by atoms with Crippen molar-refractivity contribution < 1.29 is 4.79 Å². The van der Waals surface area contributed by atoms with Crippen LogP contribution in [0.3, 0.4) is 0 Å². The van der Waals surface area contributed by atoms with Gasteiger partial charge in [0.05, 0.1) is 5.56 Å². The minimum atomic E-state index is -0.0512. The van der Waals surface area contributed by atoms with Crippen LogP contribution in [0.5, 0.6) is 0 Å². The molecule has 1 amide bonds. The first-order valence-electron chi connectivity index (χ1n) is 9.56. The van der Waals surface area contributed by atoms with E-state index in [-0.39, 0.29) is 5.91 Å². The summed E-state index contributed by atoms with van der Waals surface area (Å²) in [5.74, 6) is 0.413. The Hall–Kier alpha value is -2.79. The Kier molecular flexibility index (Phi) is 5.92. The predicted molar refractivity (Wildman–Crippen MR) is 114 cm³/mol. The van der Waals surface area contributed by atoms with E-state index in [1.165, 1.54) is 17.4 Å². The smallest absolute Gasteiger partial charge is 0.254 e. The van der Waals surface area contributed by atoms with Gasteiger partial charge in [-0.2, -0.15) is 0 Å². The fourth-order valence-corrected chi connectivity index (χ4v) is 4.35. The van der Waals surface area contributed by atoms with Gasteiger partial charge in [-0.1, -0.05) is 48.2 Å². The van der Waals surface area contributed by atoms with Crippen LogP contribution in [-0.4, -0.2) is 30.5 Å². The van der Waals surface area contributed by atoms with Gasteiger partial charge in [0.25, 0.3) is 5.91 Å². The molecule has 0 spiro atoms. The van der Waals surface area contributed by atoms with Gasteiger partial charge in [-0.15, -0.1) is 0 Å². The van der Waals surface area contributed by atoms with E-state index < -0.39 is 0 Å². The molecule has 1 aliphatic heterocycles. The van der Waals surface area contributed by atoms with E-state index >= 15 is 0 Å². The fraction of sp³-hybridized carbons (Fsp3) is 0.217. The Balaban J connectivity index is 1.36. The number of hydrogen-bond acceptors (Lipinski definition) is 4. The Morgan fingerprint density at radius 3 is 2.57 bits per heavy atom. The first-order chi connectivity index (χ1) is 13.8. The number of carbonyl (C=O) groups excluding carboxylic acids is 1. The van der Waals surface area contributed by atoms with Gasteiger partial charge in [-0.25, -0.2) is 4.98 Å². The fourth-order valence-electron chi connectivity index (χ4n) is 3.45. The standard InChI is InChI=1S/C23H23N3OS/c27-22(21-12-7-14-24-23(21)28-20-10-5-2-6-11-20)25-16-18-13-15-26(17-18)19-8-3-1-4-9-19/h1-12,14,18H,13,15-17H2,(H,25,27)/t18-/m0/s1. The second-order valence-electron chi connectivity index (χ2n) is 6.92. The third-order valence-electron chi connectivity index (χ3n) is 4.93. The molecule has 142 valence electrons. The van der Waals surface area contributed by atoms with Crippen molar-refractivity contribution in [2.45, 2.75) is 16.3 Å². The maximum atomic E-state index is 12.8. The lowest BCUT2D eigenvalue weighted by molar-refractivity contribution is 0.0944. The average molecular weight is 390 g/mol. The van der Waals surface area contributed by atoms with E-state index in [1.807, 2.05) is 48.5 Å². The normalized spacial score (nSPS) is 16.1. The minimum absolute atomic E-state index is 0.0512. The SMILES string of the molecule is O=C(NC[C@@H]1CCN(c2ccccc2)C1)c1cccnc1Sc1ccccc1. The van der Waals surface area contributed by atoms with Gasteiger partial charge in [0.1, 0.15) is 5.03 Å². The molecule has 0 radical (unpaired) electrons. The Labute approximate surface area is 170 Å². The number of pyridine rings is 1. The number of benzene rings is 2. The number of carbonyl (C=O) groups is 1. The molecule has 3 aromatic rings.